The highest BCUT2D eigenvalue weighted by Gasteiger charge is 2.53. The van der Waals surface area contributed by atoms with E-state index in [0.29, 0.717) is 18.6 Å². The molecule has 2 fully saturated rings. The highest BCUT2D eigenvalue weighted by Crippen LogP contribution is 2.47. The molecule has 0 saturated carbocycles. The second-order valence-corrected chi connectivity index (χ2v) is 7.44. The van der Waals surface area contributed by atoms with Gasteiger partial charge in [-0.3, -0.25) is 14.4 Å². The minimum absolute atomic E-state index is 0.0551. The first-order valence-corrected chi connectivity index (χ1v) is 8.33. The van der Waals surface area contributed by atoms with E-state index in [1.54, 1.807) is 30.8 Å². The monoisotopic (exact) mass is 343 g/mol. The number of likely N-dealkylation sites (N-methyl/N-ethyl adjacent to an activating group) is 1. The van der Waals surface area contributed by atoms with Crippen LogP contribution in [0.15, 0.2) is 0 Å². The molecule has 9 heteroatoms. The van der Waals surface area contributed by atoms with Crippen LogP contribution >= 0.6 is 11.8 Å². The van der Waals surface area contributed by atoms with Gasteiger partial charge in [-0.05, 0) is 13.3 Å². The summed E-state index contributed by atoms with van der Waals surface area (Å²) in [6.45, 7) is 1.33. The molecule has 3 amide bonds. The van der Waals surface area contributed by atoms with Crippen LogP contribution in [0, 0.1) is 0 Å². The molecule has 0 aromatic heterocycles. The van der Waals surface area contributed by atoms with Crippen molar-refractivity contribution in [1.29, 1.82) is 0 Å². The summed E-state index contributed by atoms with van der Waals surface area (Å²) in [5.41, 5.74) is 0. The molecule has 8 nitrogen and oxygen atoms in total. The lowest BCUT2D eigenvalue weighted by Gasteiger charge is -2.29. The number of ether oxygens (including phenoxy) is 1. The third-order valence-electron chi connectivity index (χ3n) is 4.00. The van der Waals surface area contributed by atoms with Gasteiger partial charge < -0.3 is 19.9 Å². The fraction of sp³-hybridized carbons (Fsp3) is 0.714. The third-order valence-corrected chi connectivity index (χ3v) is 5.50. The minimum Gasteiger partial charge on any atom is -0.454 e. The average Bonchev–Trinajstić information content (AvgIpc) is 2.99. The van der Waals surface area contributed by atoms with Gasteiger partial charge in [-0.25, -0.2) is 4.79 Å². The van der Waals surface area contributed by atoms with Gasteiger partial charge in [0.05, 0.1) is 11.4 Å². The highest BCUT2D eigenvalue weighted by molar-refractivity contribution is 8.01. The summed E-state index contributed by atoms with van der Waals surface area (Å²) in [5.74, 6) is -0.960. The van der Waals surface area contributed by atoms with Gasteiger partial charge in [-0.2, -0.15) is 0 Å². The van der Waals surface area contributed by atoms with Gasteiger partial charge in [-0.15, -0.1) is 11.8 Å². The maximum absolute atomic E-state index is 12.1. The molecule has 2 aliphatic rings. The molecule has 2 atom stereocenters. The zero-order valence-corrected chi connectivity index (χ0v) is 14.3. The number of thioether (sulfide) groups is 1. The van der Waals surface area contributed by atoms with Crippen LogP contribution in [-0.2, 0) is 23.9 Å². The zero-order chi connectivity index (χ0) is 17.2. The Hall–Kier alpha value is -1.77. The van der Waals surface area contributed by atoms with Crippen LogP contribution in [0.1, 0.15) is 19.8 Å². The number of nitrogens with zero attached hydrogens (tertiary/aromatic N) is 2. The molecule has 2 saturated heterocycles. The number of esters is 1. The van der Waals surface area contributed by atoms with E-state index >= 15 is 0 Å². The summed E-state index contributed by atoms with van der Waals surface area (Å²) in [6.07, 6.45) is 1.15. The Labute approximate surface area is 138 Å². The van der Waals surface area contributed by atoms with Crippen LogP contribution in [0.4, 0.5) is 0 Å². The Morgan fingerprint density at radius 3 is 2.78 bits per heavy atom. The lowest BCUT2D eigenvalue weighted by atomic mass is 10.2. The van der Waals surface area contributed by atoms with Crippen molar-refractivity contribution in [2.24, 2.45) is 0 Å². The summed E-state index contributed by atoms with van der Waals surface area (Å²) in [5, 5.41) is 2.38. The number of nitrogens with one attached hydrogen (secondary N) is 1. The molecule has 1 N–H and O–H groups in total. The van der Waals surface area contributed by atoms with Gasteiger partial charge in [0.15, 0.2) is 6.61 Å². The molecule has 2 rings (SSSR count). The van der Waals surface area contributed by atoms with Crippen molar-refractivity contribution in [1.82, 2.24) is 15.1 Å². The SMILES string of the molecule is CN(C)C(=O)CNC(=O)COC(=O)[C@H]1CS[C@@]2(C)CCC(=O)N12. The van der Waals surface area contributed by atoms with E-state index in [1.807, 2.05) is 6.92 Å². The maximum Gasteiger partial charge on any atom is 0.330 e. The van der Waals surface area contributed by atoms with Crippen molar-refractivity contribution in [3.8, 4) is 0 Å². The van der Waals surface area contributed by atoms with Crippen LogP contribution in [0.3, 0.4) is 0 Å². The minimum atomic E-state index is -0.642. The second kappa shape index (κ2) is 6.77. The molecule has 128 valence electrons. The number of rotatable bonds is 5. The smallest absolute Gasteiger partial charge is 0.330 e. The molecular weight excluding hydrogens is 322 g/mol. The van der Waals surface area contributed by atoms with Gasteiger partial charge in [0.25, 0.3) is 5.91 Å². The van der Waals surface area contributed by atoms with Crippen LogP contribution in [-0.4, -0.2) is 77.4 Å². The van der Waals surface area contributed by atoms with Crippen LogP contribution in [0.25, 0.3) is 0 Å². The Kier molecular flexibility index (Phi) is 5.18. The Morgan fingerprint density at radius 2 is 2.13 bits per heavy atom. The van der Waals surface area contributed by atoms with Crippen molar-refractivity contribution >= 4 is 35.5 Å². The van der Waals surface area contributed by atoms with Crippen molar-refractivity contribution < 1.29 is 23.9 Å². The van der Waals surface area contributed by atoms with Gasteiger partial charge >= 0.3 is 5.97 Å². The highest BCUT2D eigenvalue weighted by atomic mass is 32.2. The molecule has 0 unspecified atom stereocenters. The molecule has 0 aromatic rings. The first-order chi connectivity index (χ1) is 10.7. The number of fused-ring (bicyclic) bond motifs is 1. The van der Waals surface area contributed by atoms with Crippen molar-refractivity contribution in [3.63, 3.8) is 0 Å². The predicted molar refractivity (Wildman–Crippen MR) is 83.4 cm³/mol. The van der Waals surface area contributed by atoms with E-state index in [4.69, 9.17) is 4.74 Å². The van der Waals surface area contributed by atoms with Crippen molar-refractivity contribution in [2.75, 3.05) is 33.0 Å². The molecule has 0 bridgehead atoms. The van der Waals surface area contributed by atoms with E-state index in [1.165, 1.54) is 4.90 Å². The van der Waals surface area contributed by atoms with E-state index in [-0.39, 0.29) is 23.2 Å². The van der Waals surface area contributed by atoms with E-state index in [9.17, 15) is 19.2 Å². The predicted octanol–water partition coefficient (Wildman–Crippen LogP) is -0.812. The summed E-state index contributed by atoms with van der Waals surface area (Å²) >= 11 is 1.56. The lowest BCUT2D eigenvalue weighted by Crippen LogP contribution is -2.47. The molecule has 2 heterocycles. The number of amides is 3. The Balaban J connectivity index is 1.80. The van der Waals surface area contributed by atoms with Gasteiger partial charge in [0.1, 0.15) is 6.04 Å². The molecular formula is C14H21N3O5S. The lowest BCUT2D eigenvalue weighted by molar-refractivity contribution is -0.156. The molecule has 0 spiro atoms. The first-order valence-electron chi connectivity index (χ1n) is 7.34. The second-order valence-electron chi connectivity index (χ2n) is 5.94. The molecule has 0 aliphatic carbocycles. The van der Waals surface area contributed by atoms with E-state index in [2.05, 4.69) is 5.32 Å². The summed E-state index contributed by atoms with van der Waals surface area (Å²) in [7, 11) is 3.16. The van der Waals surface area contributed by atoms with E-state index < -0.39 is 24.5 Å². The molecule has 23 heavy (non-hydrogen) atoms. The normalized spacial score (nSPS) is 26.0. The summed E-state index contributed by atoms with van der Waals surface area (Å²) < 4.78 is 5.00. The molecule has 2 aliphatic heterocycles. The standard InChI is InChI=1S/C14H21N3O5S/c1-14-5-4-11(19)17(14)9(8-23-14)13(21)22-7-10(18)15-6-12(20)16(2)3/h9H,4-8H2,1-3H3,(H,15,18)/t9-,14+/m1/s1. The Bertz CT molecular complexity index is 539. The molecule has 0 aromatic carbocycles. The third kappa shape index (κ3) is 3.77. The number of hydrogen-bond acceptors (Lipinski definition) is 6. The topological polar surface area (TPSA) is 96.0 Å². The zero-order valence-electron chi connectivity index (χ0n) is 13.5. The van der Waals surface area contributed by atoms with Gasteiger partial charge in [0, 0.05) is 26.3 Å². The van der Waals surface area contributed by atoms with Crippen LogP contribution < -0.4 is 5.32 Å². The van der Waals surface area contributed by atoms with Gasteiger partial charge in [0.2, 0.25) is 11.8 Å². The number of hydrogen-bond donors (Lipinski definition) is 1. The Morgan fingerprint density at radius 1 is 1.43 bits per heavy atom. The number of carbonyl (C=O) groups excluding carboxylic acids is 4. The maximum atomic E-state index is 12.1. The van der Waals surface area contributed by atoms with Crippen molar-refractivity contribution in [2.45, 2.75) is 30.7 Å². The summed E-state index contributed by atoms with van der Waals surface area (Å²) in [6, 6.07) is -0.642. The van der Waals surface area contributed by atoms with E-state index in [0.717, 1.165) is 0 Å². The quantitative estimate of drug-likeness (QED) is 0.656. The first kappa shape index (κ1) is 17.6. The average molecular weight is 343 g/mol. The molecule has 0 radical (unpaired) electrons. The van der Waals surface area contributed by atoms with Crippen LogP contribution in [0.5, 0.6) is 0 Å². The fourth-order valence-electron chi connectivity index (χ4n) is 2.61. The van der Waals surface area contributed by atoms with Crippen LogP contribution in [0.2, 0.25) is 0 Å². The number of carbonyl (C=O) groups is 4. The fourth-order valence-corrected chi connectivity index (χ4v) is 4.03. The van der Waals surface area contributed by atoms with Gasteiger partial charge in [-0.1, -0.05) is 0 Å². The largest absolute Gasteiger partial charge is 0.454 e. The van der Waals surface area contributed by atoms with Crippen molar-refractivity contribution in [3.05, 3.63) is 0 Å². The summed E-state index contributed by atoms with van der Waals surface area (Å²) in [4.78, 5) is 49.6.